The number of likely N-dealkylation sites (tertiary alicyclic amines) is 1. The number of nitrogens with zero attached hydrogens (tertiary/aromatic N) is 2. The summed E-state index contributed by atoms with van der Waals surface area (Å²) < 4.78 is 16.8. The van der Waals surface area contributed by atoms with Crippen LogP contribution in [0.4, 0.5) is 4.39 Å². The Hall–Kier alpha value is -3.52. The zero-order valence-electron chi connectivity index (χ0n) is 18.8. The number of hydrogen-bond donors (Lipinski definition) is 1. The fourth-order valence-corrected chi connectivity index (χ4v) is 5.43. The summed E-state index contributed by atoms with van der Waals surface area (Å²) in [6.45, 7) is 1.42. The number of nitrogens with one attached hydrogen (secondary N) is 1. The minimum absolute atomic E-state index is 0.00118. The number of aromatic nitrogens is 1. The molecule has 3 heterocycles. The largest absolute Gasteiger partial charge is 0.336 e. The summed E-state index contributed by atoms with van der Waals surface area (Å²) in [6, 6.07) is 18.2. The number of carbonyl (C=O) groups is 2. The van der Waals surface area contributed by atoms with Crippen LogP contribution in [-0.4, -0.2) is 34.4 Å². The van der Waals surface area contributed by atoms with Gasteiger partial charge in [-0.1, -0.05) is 36.4 Å². The van der Waals surface area contributed by atoms with E-state index in [9.17, 15) is 18.8 Å². The standard InChI is InChI=1S/C27H23BrFN3O3/c28-21-8-3-2-7-20(21)26(34)30-23(13-18-6-1-4-9-22(18)29)27(35)31-14-17-12-19(16-31)24-10-5-11-25(33)32(24)15-17/h1-11,13,17,19H,12,14-16H2,(H,30,34)/b23-13-. The second-order valence-electron chi connectivity index (χ2n) is 8.92. The molecule has 1 aromatic heterocycles. The predicted octanol–water partition coefficient (Wildman–Crippen LogP) is 4.17. The Balaban J connectivity index is 1.47. The molecule has 0 saturated carbocycles. The molecule has 2 unspecified atom stereocenters. The highest BCUT2D eigenvalue weighted by Gasteiger charge is 2.37. The molecule has 35 heavy (non-hydrogen) atoms. The highest BCUT2D eigenvalue weighted by atomic mass is 79.9. The van der Waals surface area contributed by atoms with Crippen molar-refractivity contribution in [1.82, 2.24) is 14.8 Å². The van der Waals surface area contributed by atoms with Gasteiger partial charge in [-0.3, -0.25) is 14.4 Å². The van der Waals surface area contributed by atoms with E-state index in [-0.39, 0.29) is 34.6 Å². The molecule has 2 aliphatic heterocycles. The number of amides is 2. The average Bonchev–Trinajstić information content (AvgIpc) is 2.85. The van der Waals surface area contributed by atoms with E-state index in [0.29, 0.717) is 29.7 Å². The molecule has 0 spiro atoms. The molecule has 8 heteroatoms. The normalized spacial score (nSPS) is 19.1. The minimum Gasteiger partial charge on any atom is -0.336 e. The summed E-state index contributed by atoms with van der Waals surface area (Å²) >= 11 is 3.37. The third-order valence-electron chi connectivity index (χ3n) is 6.57. The van der Waals surface area contributed by atoms with Crippen LogP contribution in [0.3, 0.4) is 0 Å². The minimum atomic E-state index is -0.489. The van der Waals surface area contributed by atoms with Crippen molar-refractivity contribution in [3.63, 3.8) is 0 Å². The maximum atomic E-state index is 14.4. The van der Waals surface area contributed by atoms with Gasteiger partial charge in [-0.2, -0.15) is 0 Å². The second kappa shape index (κ2) is 9.62. The molecule has 3 aromatic rings. The molecule has 5 rings (SSSR count). The van der Waals surface area contributed by atoms with Crippen LogP contribution in [-0.2, 0) is 11.3 Å². The average molecular weight is 536 g/mol. The van der Waals surface area contributed by atoms with E-state index in [1.165, 1.54) is 12.1 Å². The lowest BCUT2D eigenvalue weighted by atomic mass is 9.83. The van der Waals surface area contributed by atoms with Crippen LogP contribution in [0.5, 0.6) is 0 Å². The SMILES string of the molecule is O=C(N/C(=C\c1ccccc1F)C(=O)N1CC2CC(C1)c1cccc(=O)n1C2)c1ccccc1Br. The quantitative estimate of drug-likeness (QED) is 0.509. The number of rotatable bonds is 4. The molecule has 2 bridgehead atoms. The van der Waals surface area contributed by atoms with E-state index in [2.05, 4.69) is 21.2 Å². The van der Waals surface area contributed by atoms with Crippen LogP contribution in [0.2, 0.25) is 0 Å². The van der Waals surface area contributed by atoms with Gasteiger partial charge in [0.15, 0.2) is 0 Å². The maximum absolute atomic E-state index is 14.4. The van der Waals surface area contributed by atoms with Crippen LogP contribution in [0.1, 0.15) is 34.0 Å². The molecule has 1 fully saturated rings. The number of fused-ring (bicyclic) bond motifs is 4. The van der Waals surface area contributed by atoms with E-state index in [0.717, 1.165) is 12.1 Å². The van der Waals surface area contributed by atoms with Gasteiger partial charge in [0.05, 0.1) is 5.56 Å². The highest BCUT2D eigenvalue weighted by Crippen LogP contribution is 2.35. The van der Waals surface area contributed by atoms with Gasteiger partial charge >= 0.3 is 0 Å². The number of carbonyl (C=O) groups excluding carboxylic acids is 2. The summed E-state index contributed by atoms with van der Waals surface area (Å²) in [4.78, 5) is 40.8. The van der Waals surface area contributed by atoms with Gasteiger partial charge in [-0.15, -0.1) is 0 Å². The van der Waals surface area contributed by atoms with Gasteiger partial charge in [0.1, 0.15) is 11.5 Å². The molecule has 2 aromatic carbocycles. The molecule has 2 amide bonds. The Morgan fingerprint density at radius 1 is 0.971 bits per heavy atom. The first kappa shape index (κ1) is 23.2. The monoisotopic (exact) mass is 535 g/mol. The summed E-state index contributed by atoms with van der Waals surface area (Å²) in [6.07, 6.45) is 2.28. The maximum Gasteiger partial charge on any atom is 0.270 e. The Morgan fingerprint density at radius 3 is 2.54 bits per heavy atom. The fraction of sp³-hybridized carbons (Fsp3) is 0.222. The number of hydrogen-bond acceptors (Lipinski definition) is 3. The highest BCUT2D eigenvalue weighted by molar-refractivity contribution is 9.10. The molecule has 6 nitrogen and oxygen atoms in total. The van der Waals surface area contributed by atoms with Crippen molar-refractivity contribution in [2.24, 2.45) is 5.92 Å². The first-order valence-electron chi connectivity index (χ1n) is 11.4. The van der Waals surface area contributed by atoms with Gasteiger partial charge in [0, 0.05) is 47.3 Å². The summed E-state index contributed by atoms with van der Waals surface area (Å²) in [5, 5.41) is 2.72. The van der Waals surface area contributed by atoms with Gasteiger partial charge < -0.3 is 14.8 Å². The third-order valence-corrected chi connectivity index (χ3v) is 7.26. The molecule has 0 radical (unpaired) electrons. The molecule has 2 aliphatic rings. The lowest BCUT2D eigenvalue weighted by Gasteiger charge is -2.43. The van der Waals surface area contributed by atoms with Gasteiger partial charge in [-0.25, -0.2) is 4.39 Å². The van der Waals surface area contributed by atoms with Crippen molar-refractivity contribution < 1.29 is 14.0 Å². The van der Waals surface area contributed by atoms with Crippen molar-refractivity contribution in [2.45, 2.75) is 18.9 Å². The van der Waals surface area contributed by atoms with Gasteiger partial charge in [0.2, 0.25) is 0 Å². The smallest absolute Gasteiger partial charge is 0.270 e. The van der Waals surface area contributed by atoms with E-state index < -0.39 is 11.7 Å². The first-order chi connectivity index (χ1) is 16.9. The van der Waals surface area contributed by atoms with Crippen LogP contribution in [0.15, 0.2) is 81.7 Å². The van der Waals surface area contributed by atoms with Crippen LogP contribution >= 0.6 is 15.9 Å². The lowest BCUT2D eigenvalue weighted by molar-refractivity contribution is -0.130. The fourth-order valence-electron chi connectivity index (χ4n) is 4.97. The van der Waals surface area contributed by atoms with Crippen molar-refractivity contribution in [3.05, 3.63) is 110 Å². The molecule has 0 aliphatic carbocycles. The molecular formula is C27H23BrFN3O3. The van der Waals surface area contributed by atoms with Crippen molar-refractivity contribution in [1.29, 1.82) is 0 Å². The second-order valence-corrected chi connectivity index (χ2v) is 9.78. The predicted molar refractivity (Wildman–Crippen MR) is 134 cm³/mol. The third kappa shape index (κ3) is 4.71. The van der Waals surface area contributed by atoms with Crippen LogP contribution in [0.25, 0.3) is 6.08 Å². The van der Waals surface area contributed by atoms with E-state index >= 15 is 0 Å². The number of halogens is 2. The van der Waals surface area contributed by atoms with E-state index in [1.54, 1.807) is 64.1 Å². The van der Waals surface area contributed by atoms with Crippen LogP contribution < -0.4 is 10.9 Å². The van der Waals surface area contributed by atoms with E-state index in [1.807, 2.05) is 6.07 Å². The summed E-state index contributed by atoms with van der Waals surface area (Å²) in [7, 11) is 0. The molecule has 1 saturated heterocycles. The Morgan fingerprint density at radius 2 is 1.74 bits per heavy atom. The summed E-state index contributed by atoms with van der Waals surface area (Å²) in [5.74, 6) is -1.19. The summed E-state index contributed by atoms with van der Waals surface area (Å²) in [5.41, 5.74) is 1.46. The first-order valence-corrected chi connectivity index (χ1v) is 12.2. The lowest BCUT2D eigenvalue weighted by Crippen LogP contribution is -2.50. The van der Waals surface area contributed by atoms with Crippen LogP contribution in [0, 0.1) is 11.7 Å². The molecule has 1 N–H and O–H groups in total. The van der Waals surface area contributed by atoms with Crippen molar-refractivity contribution in [2.75, 3.05) is 13.1 Å². The zero-order valence-corrected chi connectivity index (χ0v) is 20.4. The van der Waals surface area contributed by atoms with Gasteiger partial charge in [0.25, 0.3) is 17.4 Å². The Bertz CT molecular complexity index is 1400. The topological polar surface area (TPSA) is 71.4 Å². The zero-order chi connectivity index (χ0) is 24.5. The van der Waals surface area contributed by atoms with Crippen molar-refractivity contribution in [3.8, 4) is 0 Å². The number of pyridine rings is 1. The number of piperidine rings is 1. The molecule has 2 atom stereocenters. The van der Waals surface area contributed by atoms with Gasteiger partial charge in [-0.05, 0) is 58.6 Å². The molecule has 178 valence electrons. The Kier molecular flexibility index (Phi) is 6.38. The number of benzene rings is 2. The molecular weight excluding hydrogens is 513 g/mol. The van der Waals surface area contributed by atoms with Crippen molar-refractivity contribution >= 4 is 33.8 Å². The van der Waals surface area contributed by atoms with E-state index in [4.69, 9.17) is 0 Å². The Labute approximate surface area is 210 Å².